The van der Waals surface area contributed by atoms with Gasteiger partial charge in [-0.25, -0.2) is 17.2 Å². The molecule has 2 aromatic rings. The van der Waals surface area contributed by atoms with Crippen molar-refractivity contribution in [1.82, 2.24) is 19.7 Å². The summed E-state index contributed by atoms with van der Waals surface area (Å²) in [5.74, 6) is -2.82. The number of hydrogen-bond acceptors (Lipinski definition) is 5. The molecule has 0 spiro atoms. The zero-order valence-electron chi connectivity index (χ0n) is 12.0. The Kier molecular flexibility index (Phi) is 3.63. The van der Waals surface area contributed by atoms with Gasteiger partial charge >= 0.3 is 0 Å². The molecule has 0 saturated carbocycles. The van der Waals surface area contributed by atoms with Crippen LogP contribution in [-0.4, -0.2) is 52.3 Å². The van der Waals surface area contributed by atoms with Gasteiger partial charge in [0.05, 0.1) is 0 Å². The molecule has 2 heterocycles. The van der Waals surface area contributed by atoms with Crippen LogP contribution in [-0.2, 0) is 16.9 Å². The molecule has 7 nitrogen and oxygen atoms in total. The van der Waals surface area contributed by atoms with Crippen LogP contribution >= 0.6 is 0 Å². The van der Waals surface area contributed by atoms with E-state index in [0.29, 0.717) is 0 Å². The van der Waals surface area contributed by atoms with Gasteiger partial charge in [0.1, 0.15) is 28.8 Å². The quantitative estimate of drug-likeness (QED) is 0.806. The highest BCUT2D eigenvalue weighted by molar-refractivity contribution is 7.92. The number of rotatable bonds is 3. The molecule has 1 aliphatic rings. The summed E-state index contributed by atoms with van der Waals surface area (Å²) in [4.78, 5) is 13.2. The molecule has 1 aliphatic heterocycles. The summed E-state index contributed by atoms with van der Waals surface area (Å²) in [5.41, 5.74) is -0.679. The molecule has 122 valence electrons. The highest BCUT2D eigenvalue weighted by atomic mass is 32.2. The van der Waals surface area contributed by atoms with Crippen molar-refractivity contribution in [2.75, 3.05) is 13.1 Å². The zero-order valence-corrected chi connectivity index (χ0v) is 12.8. The van der Waals surface area contributed by atoms with E-state index in [9.17, 15) is 22.0 Å². The van der Waals surface area contributed by atoms with Crippen LogP contribution in [0.25, 0.3) is 0 Å². The molecule has 1 aromatic carbocycles. The Bertz CT molecular complexity index is 855. The van der Waals surface area contributed by atoms with Gasteiger partial charge < -0.3 is 9.47 Å². The first kappa shape index (κ1) is 15.5. The second-order valence-corrected chi connectivity index (χ2v) is 7.32. The summed E-state index contributed by atoms with van der Waals surface area (Å²) in [6, 6.07) is 3.10. The van der Waals surface area contributed by atoms with E-state index in [-0.39, 0.29) is 18.2 Å². The molecule has 1 saturated heterocycles. The van der Waals surface area contributed by atoms with Crippen molar-refractivity contribution in [3.05, 3.63) is 41.7 Å². The van der Waals surface area contributed by atoms with Gasteiger partial charge in [0.15, 0.2) is 0 Å². The summed E-state index contributed by atoms with van der Waals surface area (Å²) in [5, 5.41) is 5.98. The Labute approximate surface area is 130 Å². The van der Waals surface area contributed by atoms with Crippen LogP contribution in [0, 0.1) is 11.6 Å². The molecule has 1 fully saturated rings. The van der Waals surface area contributed by atoms with Crippen LogP contribution in [0.5, 0.6) is 0 Å². The lowest BCUT2D eigenvalue weighted by Crippen LogP contribution is -2.57. The first-order valence-corrected chi connectivity index (χ1v) is 8.18. The van der Waals surface area contributed by atoms with Gasteiger partial charge in [-0.05, 0) is 12.1 Å². The molecule has 1 aromatic heterocycles. The minimum absolute atomic E-state index is 0.151. The van der Waals surface area contributed by atoms with Crippen molar-refractivity contribution < 1.29 is 22.0 Å². The summed E-state index contributed by atoms with van der Waals surface area (Å²) in [6.45, 7) is -0.302. The number of carbonyl (C=O) groups is 1. The Morgan fingerprint density at radius 3 is 2.39 bits per heavy atom. The minimum Gasteiger partial charge on any atom is -0.336 e. The van der Waals surface area contributed by atoms with Crippen molar-refractivity contribution >= 4 is 15.7 Å². The standard InChI is InChI=1S/C13H12F2N4O3S/c1-18-7-16-17-13(18)23(21,22)8-5-19(6-8)12(20)11-9(14)3-2-4-10(11)15/h2-4,7-8H,5-6H2,1H3. The van der Waals surface area contributed by atoms with E-state index in [4.69, 9.17) is 0 Å². The maximum Gasteiger partial charge on any atom is 0.259 e. The number of hydrogen-bond donors (Lipinski definition) is 0. The van der Waals surface area contributed by atoms with Crippen LogP contribution < -0.4 is 0 Å². The summed E-state index contributed by atoms with van der Waals surface area (Å²) in [7, 11) is -2.26. The van der Waals surface area contributed by atoms with Gasteiger partial charge in [0, 0.05) is 20.1 Å². The fourth-order valence-electron chi connectivity index (χ4n) is 2.34. The van der Waals surface area contributed by atoms with Gasteiger partial charge in [-0.1, -0.05) is 6.07 Å². The Balaban J connectivity index is 1.77. The summed E-state index contributed by atoms with van der Waals surface area (Å²) in [6.07, 6.45) is 1.25. The number of aromatic nitrogens is 3. The maximum atomic E-state index is 13.6. The molecule has 0 bridgehead atoms. The SMILES string of the molecule is Cn1cnnc1S(=O)(=O)C1CN(C(=O)c2c(F)cccc2F)C1. The predicted molar refractivity (Wildman–Crippen MR) is 74.2 cm³/mol. The predicted octanol–water partition coefficient (Wildman–Crippen LogP) is 0.392. The van der Waals surface area contributed by atoms with E-state index in [1.54, 1.807) is 0 Å². The fourth-order valence-corrected chi connectivity index (χ4v) is 4.00. The van der Waals surface area contributed by atoms with E-state index in [0.717, 1.165) is 23.1 Å². The number of halogens is 2. The number of nitrogens with zero attached hydrogens (tertiary/aromatic N) is 4. The topological polar surface area (TPSA) is 85.2 Å². The molecule has 10 heteroatoms. The summed E-state index contributed by atoms with van der Waals surface area (Å²) >= 11 is 0. The van der Waals surface area contributed by atoms with Crippen LogP contribution in [0.2, 0.25) is 0 Å². The molecule has 0 unspecified atom stereocenters. The molecule has 0 radical (unpaired) electrons. The molecule has 0 N–H and O–H groups in total. The lowest BCUT2D eigenvalue weighted by molar-refractivity contribution is 0.0648. The number of sulfone groups is 1. The third kappa shape index (κ3) is 2.48. The molecular formula is C13H12F2N4O3S. The molecule has 0 atom stereocenters. The molecular weight excluding hydrogens is 330 g/mol. The summed E-state index contributed by atoms with van der Waals surface area (Å²) < 4.78 is 53.1. The zero-order chi connectivity index (χ0) is 16.8. The minimum atomic E-state index is -3.75. The van der Waals surface area contributed by atoms with Gasteiger partial charge in [0.25, 0.3) is 5.91 Å². The largest absolute Gasteiger partial charge is 0.336 e. The maximum absolute atomic E-state index is 13.6. The van der Waals surface area contributed by atoms with Crippen molar-refractivity contribution in [2.24, 2.45) is 7.05 Å². The Morgan fingerprint density at radius 2 is 1.87 bits per heavy atom. The highest BCUT2D eigenvalue weighted by Gasteiger charge is 2.43. The van der Waals surface area contributed by atoms with Gasteiger partial charge in [-0.15, -0.1) is 10.2 Å². The smallest absolute Gasteiger partial charge is 0.259 e. The van der Waals surface area contributed by atoms with E-state index in [1.165, 1.54) is 17.9 Å². The second kappa shape index (κ2) is 5.37. The van der Waals surface area contributed by atoms with Crippen molar-refractivity contribution in [2.45, 2.75) is 10.4 Å². The average molecular weight is 342 g/mol. The monoisotopic (exact) mass is 342 g/mol. The van der Waals surface area contributed by atoms with Crippen molar-refractivity contribution in [3.8, 4) is 0 Å². The number of carbonyl (C=O) groups excluding carboxylic acids is 1. The first-order valence-electron chi connectivity index (χ1n) is 6.63. The third-order valence-corrected chi connectivity index (χ3v) is 5.73. The molecule has 3 rings (SSSR count). The Hall–Kier alpha value is -2.36. The van der Waals surface area contributed by atoms with Crippen LogP contribution in [0.15, 0.2) is 29.7 Å². The van der Waals surface area contributed by atoms with Crippen molar-refractivity contribution in [1.29, 1.82) is 0 Å². The number of amides is 1. The lowest BCUT2D eigenvalue weighted by atomic mass is 10.1. The fraction of sp³-hybridized carbons (Fsp3) is 0.308. The highest BCUT2D eigenvalue weighted by Crippen LogP contribution is 2.25. The van der Waals surface area contributed by atoms with Crippen LogP contribution in [0.4, 0.5) is 8.78 Å². The molecule has 1 amide bonds. The van der Waals surface area contributed by atoms with E-state index in [2.05, 4.69) is 10.2 Å². The molecule has 0 aliphatic carbocycles. The number of benzene rings is 1. The molecule has 23 heavy (non-hydrogen) atoms. The van der Waals surface area contributed by atoms with Gasteiger partial charge in [0.2, 0.25) is 15.0 Å². The normalized spacial score (nSPS) is 15.5. The van der Waals surface area contributed by atoms with E-state index < -0.39 is 38.2 Å². The van der Waals surface area contributed by atoms with E-state index in [1.807, 2.05) is 0 Å². The number of aryl methyl sites for hydroxylation is 1. The average Bonchev–Trinajstić information content (AvgIpc) is 2.83. The third-order valence-electron chi connectivity index (χ3n) is 3.68. The first-order chi connectivity index (χ1) is 10.8. The van der Waals surface area contributed by atoms with Gasteiger partial charge in [-0.2, -0.15) is 0 Å². The van der Waals surface area contributed by atoms with Crippen LogP contribution in [0.3, 0.4) is 0 Å². The van der Waals surface area contributed by atoms with E-state index >= 15 is 0 Å². The van der Waals surface area contributed by atoms with Crippen molar-refractivity contribution in [3.63, 3.8) is 0 Å². The Morgan fingerprint density at radius 1 is 1.26 bits per heavy atom. The van der Waals surface area contributed by atoms with Crippen LogP contribution in [0.1, 0.15) is 10.4 Å². The van der Waals surface area contributed by atoms with Gasteiger partial charge in [-0.3, -0.25) is 4.79 Å². The lowest BCUT2D eigenvalue weighted by Gasteiger charge is -2.38. The second-order valence-electron chi connectivity index (χ2n) is 5.20. The number of likely N-dealkylation sites (tertiary alicyclic amines) is 1.